The summed E-state index contributed by atoms with van der Waals surface area (Å²) in [6.07, 6.45) is 2.99. The van der Waals surface area contributed by atoms with Gasteiger partial charge in [0.05, 0.1) is 24.3 Å². The maximum atomic E-state index is 13.4. The Bertz CT molecular complexity index is 1240. The van der Waals surface area contributed by atoms with E-state index < -0.39 is 11.7 Å². The monoisotopic (exact) mass is 559 g/mol. The van der Waals surface area contributed by atoms with Crippen molar-refractivity contribution < 1.29 is 27.5 Å². The van der Waals surface area contributed by atoms with Crippen LogP contribution in [0.15, 0.2) is 18.2 Å². The van der Waals surface area contributed by atoms with E-state index >= 15 is 0 Å². The first-order valence-electron chi connectivity index (χ1n) is 14.7. The van der Waals surface area contributed by atoms with Crippen molar-refractivity contribution in [2.24, 2.45) is 5.92 Å². The molecular weight excluding hydrogens is 519 g/mol. The Hall–Kier alpha value is -2.68. The van der Waals surface area contributed by atoms with E-state index in [1.165, 1.54) is 13.0 Å². The standard InChI is InChI=1S/C31H40F3N3O3/c1-19-7-11-24(15-27(19)31(32,33)34)23-12-8-22(9-13-23)10-14-25(38)18-37-28-6-4-5-26(28)29(35-37)30(39)36-16-20(2)40-21(3)17-36/h7,11,15,20-23H,4-6,8-10,12-14,16-18H2,1-3H3/t20-,21+,22?,23?. The minimum Gasteiger partial charge on any atom is -0.372 e. The topological polar surface area (TPSA) is 64.4 Å². The summed E-state index contributed by atoms with van der Waals surface area (Å²) in [6.45, 7) is 6.71. The van der Waals surface area contributed by atoms with Crippen LogP contribution >= 0.6 is 0 Å². The van der Waals surface area contributed by atoms with Crippen LogP contribution in [0.4, 0.5) is 13.2 Å². The van der Waals surface area contributed by atoms with Crippen molar-refractivity contribution >= 4 is 11.7 Å². The Morgan fingerprint density at radius 1 is 1.05 bits per heavy atom. The number of ether oxygens (including phenoxy) is 1. The highest BCUT2D eigenvalue weighted by Crippen LogP contribution is 2.40. The van der Waals surface area contributed by atoms with Crippen molar-refractivity contribution in [3.8, 4) is 0 Å². The van der Waals surface area contributed by atoms with Crippen molar-refractivity contribution in [3.63, 3.8) is 0 Å². The fraction of sp³-hybridized carbons (Fsp3) is 0.645. The predicted octanol–water partition coefficient (Wildman–Crippen LogP) is 6.27. The molecule has 2 aliphatic carbocycles. The lowest BCUT2D eigenvalue weighted by molar-refractivity contribution is -0.138. The first-order valence-corrected chi connectivity index (χ1v) is 14.7. The molecular formula is C31H40F3N3O3. The summed E-state index contributed by atoms with van der Waals surface area (Å²) in [5.41, 5.74) is 2.99. The number of halogens is 3. The molecule has 2 fully saturated rings. The molecule has 6 nitrogen and oxygen atoms in total. The van der Waals surface area contributed by atoms with E-state index in [2.05, 4.69) is 5.10 Å². The van der Waals surface area contributed by atoms with Crippen LogP contribution in [0, 0.1) is 12.8 Å². The molecule has 9 heteroatoms. The van der Waals surface area contributed by atoms with Gasteiger partial charge in [-0.3, -0.25) is 14.3 Å². The summed E-state index contributed by atoms with van der Waals surface area (Å²) in [4.78, 5) is 28.2. The molecule has 218 valence electrons. The smallest absolute Gasteiger partial charge is 0.372 e. The maximum Gasteiger partial charge on any atom is 0.416 e. The molecule has 0 radical (unpaired) electrons. The Kier molecular flexibility index (Phi) is 8.41. The number of aromatic nitrogens is 2. The number of hydrogen-bond donors (Lipinski definition) is 0. The highest BCUT2D eigenvalue weighted by atomic mass is 19.4. The molecule has 2 aromatic rings. The van der Waals surface area contributed by atoms with Crippen LogP contribution in [0.1, 0.15) is 103 Å². The quantitative estimate of drug-likeness (QED) is 0.401. The first kappa shape index (κ1) is 28.8. The number of carbonyl (C=O) groups is 2. The fourth-order valence-corrected chi connectivity index (χ4v) is 6.90. The molecule has 5 rings (SSSR count). The van der Waals surface area contributed by atoms with Crippen molar-refractivity contribution in [2.45, 2.75) is 109 Å². The van der Waals surface area contributed by atoms with Crippen LogP contribution in [0.3, 0.4) is 0 Å². The molecule has 0 unspecified atom stereocenters. The van der Waals surface area contributed by atoms with Gasteiger partial charge in [0.15, 0.2) is 11.5 Å². The normalized spacial score (nSPS) is 25.2. The van der Waals surface area contributed by atoms with Crippen LogP contribution < -0.4 is 0 Å². The zero-order chi connectivity index (χ0) is 28.6. The third-order valence-corrected chi connectivity index (χ3v) is 8.96. The lowest BCUT2D eigenvalue weighted by Crippen LogP contribution is -2.48. The van der Waals surface area contributed by atoms with Crippen LogP contribution in [0.2, 0.25) is 0 Å². The number of morpholine rings is 1. The predicted molar refractivity (Wildman–Crippen MR) is 145 cm³/mol. The summed E-state index contributed by atoms with van der Waals surface area (Å²) >= 11 is 0. The Balaban J connectivity index is 1.15. The highest BCUT2D eigenvalue weighted by molar-refractivity contribution is 5.94. The molecule has 1 amide bonds. The van der Waals surface area contributed by atoms with Gasteiger partial charge in [-0.1, -0.05) is 12.1 Å². The van der Waals surface area contributed by atoms with Gasteiger partial charge in [-0.25, -0.2) is 0 Å². The number of benzene rings is 1. The van der Waals surface area contributed by atoms with E-state index in [1.54, 1.807) is 10.7 Å². The summed E-state index contributed by atoms with van der Waals surface area (Å²) in [6, 6.07) is 4.74. The number of amides is 1. The van der Waals surface area contributed by atoms with Gasteiger partial charge in [0.2, 0.25) is 0 Å². The van der Waals surface area contributed by atoms with Gasteiger partial charge < -0.3 is 9.64 Å². The molecule has 40 heavy (non-hydrogen) atoms. The fourth-order valence-electron chi connectivity index (χ4n) is 6.90. The lowest BCUT2D eigenvalue weighted by Gasteiger charge is -2.35. The zero-order valence-electron chi connectivity index (χ0n) is 23.7. The van der Waals surface area contributed by atoms with E-state index in [1.807, 2.05) is 24.8 Å². The second-order valence-electron chi connectivity index (χ2n) is 12.1. The highest BCUT2D eigenvalue weighted by Gasteiger charge is 2.35. The maximum absolute atomic E-state index is 13.4. The second-order valence-corrected chi connectivity index (χ2v) is 12.1. The van der Waals surface area contributed by atoms with E-state index in [4.69, 9.17) is 4.74 Å². The van der Waals surface area contributed by atoms with Gasteiger partial charge in [-0.05, 0) is 101 Å². The van der Waals surface area contributed by atoms with Crippen molar-refractivity contribution in [3.05, 3.63) is 51.8 Å². The molecule has 1 saturated heterocycles. The van der Waals surface area contributed by atoms with E-state index in [0.717, 1.165) is 68.2 Å². The van der Waals surface area contributed by atoms with Crippen molar-refractivity contribution in [2.75, 3.05) is 13.1 Å². The molecule has 3 aliphatic rings. The second kappa shape index (κ2) is 11.7. The van der Waals surface area contributed by atoms with Gasteiger partial charge in [-0.2, -0.15) is 18.3 Å². The van der Waals surface area contributed by atoms with Gasteiger partial charge in [0, 0.05) is 30.8 Å². The Labute approximate surface area is 234 Å². The average molecular weight is 560 g/mol. The van der Waals surface area contributed by atoms with E-state index in [-0.39, 0.29) is 41.9 Å². The number of alkyl halides is 3. The van der Waals surface area contributed by atoms with Crippen LogP contribution in [0.25, 0.3) is 0 Å². The number of ketones is 1. The SMILES string of the molecule is Cc1ccc(C2CCC(CCC(=O)Cn3nc(C(=O)N4C[C@@H](C)O[C@@H](C)C4)c4c3CCC4)CC2)cc1C(F)(F)F. The molecule has 1 aliphatic heterocycles. The zero-order valence-corrected chi connectivity index (χ0v) is 23.7. The van der Waals surface area contributed by atoms with Crippen LogP contribution in [-0.2, 0) is 35.1 Å². The number of carbonyl (C=O) groups excluding carboxylic acids is 2. The number of nitrogens with zero attached hydrogens (tertiary/aromatic N) is 3. The van der Waals surface area contributed by atoms with Crippen molar-refractivity contribution in [1.82, 2.24) is 14.7 Å². The Morgan fingerprint density at radius 3 is 2.42 bits per heavy atom. The molecule has 1 aromatic heterocycles. The summed E-state index contributed by atoms with van der Waals surface area (Å²) < 4.78 is 47.6. The van der Waals surface area contributed by atoms with Crippen molar-refractivity contribution in [1.29, 1.82) is 0 Å². The minimum absolute atomic E-state index is 0.0197. The summed E-state index contributed by atoms with van der Waals surface area (Å²) in [5, 5.41) is 4.65. The molecule has 0 spiro atoms. The van der Waals surface area contributed by atoms with E-state index in [0.29, 0.717) is 31.1 Å². The lowest BCUT2D eigenvalue weighted by atomic mass is 9.76. The number of rotatable bonds is 7. The minimum atomic E-state index is -4.33. The van der Waals surface area contributed by atoms with Gasteiger partial charge >= 0.3 is 6.18 Å². The van der Waals surface area contributed by atoms with Gasteiger partial charge in [-0.15, -0.1) is 0 Å². The molecule has 2 heterocycles. The largest absolute Gasteiger partial charge is 0.416 e. The number of fused-ring (bicyclic) bond motifs is 1. The summed E-state index contributed by atoms with van der Waals surface area (Å²) in [7, 11) is 0. The number of hydrogen-bond acceptors (Lipinski definition) is 4. The van der Waals surface area contributed by atoms with Crippen LogP contribution in [0.5, 0.6) is 0 Å². The number of Topliss-reactive ketones (excluding diaryl/α,β-unsaturated/α-hetero) is 1. The number of aryl methyl sites for hydroxylation is 1. The van der Waals surface area contributed by atoms with Gasteiger partial charge in [0.1, 0.15) is 0 Å². The van der Waals surface area contributed by atoms with E-state index in [9.17, 15) is 22.8 Å². The van der Waals surface area contributed by atoms with Crippen LogP contribution in [-0.4, -0.2) is 51.7 Å². The third kappa shape index (κ3) is 6.29. The molecule has 0 N–H and O–H groups in total. The first-order chi connectivity index (χ1) is 19.0. The average Bonchev–Trinajstić information content (AvgIpc) is 3.50. The molecule has 1 aromatic carbocycles. The summed E-state index contributed by atoms with van der Waals surface area (Å²) in [5.74, 6) is 0.576. The molecule has 2 atom stereocenters. The molecule has 1 saturated carbocycles. The van der Waals surface area contributed by atoms with Gasteiger partial charge in [0.25, 0.3) is 5.91 Å². The third-order valence-electron chi connectivity index (χ3n) is 8.96. The Morgan fingerprint density at radius 2 is 1.75 bits per heavy atom. The molecule has 0 bridgehead atoms.